The van der Waals surface area contributed by atoms with Gasteiger partial charge in [0.1, 0.15) is 0 Å². The maximum atomic E-state index is 10.8. The second kappa shape index (κ2) is 5.94. The van der Waals surface area contributed by atoms with E-state index in [9.17, 15) is 5.11 Å². The predicted molar refractivity (Wildman–Crippen MR) is 82.4 cm³/mol. The van der Waals surface area contributed by atoms with Crippen LogP contribution in [0, 0.1) is 17.8 Å². The summed E-state index contributed by atoms with van der Waals surface area (Å²) >= 11 is 0. The second-order valence-electron chi connectivity index (χ2n) is 7.90. The summed E-state index contributed by atoms with van der Waals surface area (Å²) in [7, 11) is 0. The molecule has 0 aromatic rings. The lowest BCUT2D eigenvalue weighted by atomic mass is 9.71. The van der Waals surface area contributed by atoms with Gasteiger partial charge in [0.25, 0.3) is 0 Å². The van der Waals surface area contributed by atoms with Gasteiger partial charge in [-0.2, -0.15) is 0 Å². The predicted octanol–water partition coefficient (Wildman–Crippen LogP) is 2.38. The molecular formula is C17H32N2O. The SMILES string of the molecule is CC1CCC(N)C(CN2CCC3(O)CCCCC3C2)C1. The Labute approximate surface area is 123 Å². The fourth-order valence-electron chi connectivity index (χ4n) is 4.87. The number of nitrogens with two attached hydrogens (primary N) is 1. The number of nitrogens with zero attached hydrogens (tertiary/aromatic N) is 1. The van der Waals surface area contributed by atoms with E-state index in [-0.39, 0.29) is 5.60 Å². The van der Waals surface area contributed by atoms with E-state index in [1.54, 1.807) is 0 Å². The van der Waals surface area contributed by atoms with Gasteiger partial charge in [0.15, 0.2) is 0 Å². The van der Waals surface area contributed by atoms with Gasteiger partial charge < -0.3 is 15.7 Å². The Morgan fingerprint density at radius 3 is 2.90 bits per heavy atom. The Kier molecular flexibility index (Phi) is 4.40. The zero-order chi connectivity index (χ0) is 14.2. The molecule has 0 spiro atoms. The van der Waals surface area contributed by atoms with Crippen LogP contribution in [0.5, 0.6) is 0 Å². The van der Waals surface area contributed by atoms with Crippen LogP contribution >= 0.6 is 0 Å². The van der Waals surface area contributed by atoms with Gasteiger partial charge in [-0.3, -0.25) is 0 Å². The third kappa shape index (κ3) is 3.05. The van der Waals surface area contributed by atoms with Crippen LogP contribution in [0.15, 0.2) is 0 Å². The Morgan fingerprint density at radius 2 is 2.05 bits per heavy atom. The first kappa shape index (κ1) is 14.8. The molecule has 0 amide bonds. The second-order valence-corrected chi connectivity index (χ2v) is 7.90. The number of piperidine rings is 1. The molecular weight excluding hydrogens is 248 g/mol. The maximum Gasteiger partial charge on any atom is 0.0700 e. The minimum atomic E-state index is -0.337. The van der Waals surface area contributed by atoms with E-state index in [2.05, 4.69) is 11.8 Å². The summed E-state index contributed by atoms with van der Waals surface area (Å²) in [5, 5.41) is 10.8. The molecule has 0 radical (unpaired) electrons. The van der Waals surface area contributed by atoms with Crippen molar-refractivity contribution in [3.63, 3.8) is 0 Å². The van der Waals surface area contributed by atoms with Crippen molar-refractivity contribution in [2.24, 2.45) is 23.5 Å². The summed E-state index contributed by atoms with van der Waals surface area (Å²) in [6, 6.07) is 0.401. The van der Waals surface area contributed by atoms with Gasteiger partial charge in [0.05, 0.1) is 5.60 Å². The summed E-state index contributed by atoms with van der Waals surface area (Å²) in [6.07, 6.45) is 9.57. The lowest BCUT2D eigenvalue weighted by molar-refractivity contribution is -0.0983. The summed E-state index contributed by atoms with van der Waals surface area (Å²) in [5.41, 5.74) is 6.00. The average Bonchev–Trinajstić information content (AvgIpc) is 2.43. The number of hydrogen-bond acceptors (Lipinski definition) is 3. The molecule has 1 heterocycles. The molecule has 1 aliphatic heterocycles. The third-order valence-electron chi connectivity index (χ3n) is 6.31. The summed E-state index contributed by atoms with van der Waals surface area (Å²) in [6.45, 7) is 5.71. The van der Waals surface area contributed by atoms with E-state index >= 15 is 0 Å². The molecule has 0 aromatic heterocycles. The molecule has 2 aliphatic carbocycles. The Bertz CT molecular complexity index is 335. The summed E-state index contributed by atoms with van der Waals surface area (Å²) in [4.78, 5) is 2.60. The van der Waals surface area contributed by atoms with E-state index in [0.717, 1.165) is 38.4 Å². The molecule has 3 rings (SSSR count). The van der Waals surface area contributed by atoms with Crippen molar-refractivity contribution in [3.8, 4) is 0 Å². The van der Waals surface area contributed by atoms with Crippen molar-refractivity contribution in [2.45, 2.75) is 69.9 Å². The molecule has 3 heteroatoms. The zero-order valence-corrected chi connectivity index (χ0v) is 13.1. The first-order chi connectivity index (χ1) is 9.57. The number of fused-ring (bicyclic) bond motifs is 1. The van der Waals surface area contributed by atoms with Crippen LogP contribution in [0.1, 0.15) is 58.3 Å². The Balaban J connectivity index is 1.56. The molecule has 3 fully saturated rings. The fraction of sp³-hybridized carbons (Fsp3) is 1.00. The van der Waals surface area contributed by atoms with Crippen molar-refractivity contribution < 1.29 is 5.11 Å². The summed E-state index contributed by atoms with van der Waals surface area (Å²) in [5.74, 6) is 2.03. The van der Waals surface area contributed by atoms with Crippen LogP contribution in [0.4, 0.5) is 0 Å². The van der Waals surface area contributed by atoms with E-state index in [4.69, 9.17) is 5.73 Å². The largest absolute Gasteiger partial charge is 0.390 e. The Morgan fingerprint density at radius 1 is 1.20 bits per heavy atom. The van der Waals surface area contributed by atoms with Gasteiger partial charge in [-0.25, -0.2) is 0 Å². The van der Waals surface area contributed by atoms with E-state index < -0.39 is 0 Å². The summed E-state index contributed by atoms with van der Waals surface area (Å²) < 4.78 is 0. The van der Waals surface area contributed by atoms with Crippen LogP contribution in [0.2, 0.25) is 0 Å². The highest BCUT2D eigenvalue weighted by Gasteiger charge is 2.43. The molecule has 2 saturated carbocycles. The van der Waals surface area contributed by atoms with Crippen molar-refractivity contribution in [1.29, 1.82) is 0 Å². The fourth-order valence-corrected chi connectivity index (χ4v) is 4.87. The molecule has 5 atom stereocenters. The van der Waals surface area contributed by atoms with Crippen LogP contribution in [-0.2, 0) is 0 Å². The first-order valence-corrected chi connectivity index (χ1v) is 8.77. The molecule has 0 aromatic carbocycles. The van der Waals surface area contributed by atoms with E-state index in [1.165, 1.54) is 38.5 Å². The molecule has 0 bridgehead atoms. The maximum absolute atomic E-state index is 10.8. The van der Waals surface area contributed by atoms with Gasteiger partial charge in [0, 0.05) is 31.6 Å². The molecule has 116 valence electrons. The van der Waals surface area contributed by atoms with Crippen molar-refractivity contribution >= 4 is 0 Å². The van der Waals surface area contributed by atoms with Gasteiger partial charge >= 0.3 is 0 Å². The quantitative estimate of drug-likeness (QED) is 0.816. The molecule has 3 N–H and O–H groups in total. The zero-order valence-electron chi connectivity index (χ0n) is 13.1. The normalized spacial score (nSPS) is 47.0. The number of aliphatic hydroxyl groups is 1. The Hall–Kier alpha value is -0.120. The molecule has 3 aliphatic rings. The van der Waals surface area contributed by atoms with E-state index in [0.29, 0.717) is 17.9 Å². The van der Waals surface area contributed by atoms with Gasteiger partial charge in [0.2, 0.25) is 0 Å². The van der Waals surface area contributed by atoms with Crippen molar-refractivity contribution in [1.82, 2.24) is 4.90 Å². The minimum Gasteiger partial charge on any atom is -0.390 e. The highest BCUT2D eigenvalue weighted by Crippen LogP contribution is 2.40. The van der Waals surface area contributed by atoms with Crippen molar-refractivity contribution in [3.05, 3.63) is 0 Å². The lowest BCUT2D eigenvalue weighted by Crippen LogP contribution is -2.55. The standard InChI is InChI=1S/C17H32N2O/c1-13-5-6-16(18)14(10-13)11-19-9-8-17(20)7-3-2-4-15(17)12-19/h13-16,20H,2-12,18H2,1H3. The molecule has 5 unspecified atom stereocenters. The van der Waals surface area contributed by atoms with Crippen molar-refractivity contribution in [2.75, 3.05) is 19.6 Å². The van der Waals surface area contributed by atoms with Crippen LogP contribution in [0.3, 0.4) is 0 Å². The highest BCUT2D eigenvalue weighted by molar-refractivity contribution is 4.96. The highest BCUT2D eigenvalue weighted by atomic mass is 16.3. The average molecular weight is 280 g/mol. The van der Waals surface area contributed by atoms with Gasteiger partial charge in [-0.05, 0) is 50.4 Å². The molecule has 3 nitrogen and oxygen atoms in total. The van der Waals surface area contributed by atoms with Gasteiger partial charge in [-0.1, -0.05) is 19.8 Å². The minimum absolute atomic E-state index is 0.337. The number of rotatable bonds is 2. The van der Waals surface area contributed by atoms with Crippen LogP contribution in [-0.4, -0.2) is 41.3 Å². The smallest absolute Gasteiger partial charge is 0.0700 e. The van der Waals surface area contributed by atoms with E-state index in [1.807, 2.05) is 0 Å². The van der Waals surface area contributed by atoms with Gasteiger partial charge in [-0.15, -0.1) is 0 Å². The van der Waals surface area contributed by atoms with Crippen LogP contribution < -0.4 is 5.73 Å². The topological polar surface area (TPSA) is 49.5 Å². The molecule has 20 heavy (non-hydrogen) atoms. The lowest BCUT2D eigenvalue weighted by Gasteiger charge is -2.48. The number of hydrogen-bond donors (Lipinski definition) is 2. The third-order valence-corrected chi connectivity index (χ3v) is 6.31. The monoisotopic (exact) mass is 280 g/mol. The number of likely N-dealkylation sites (tertiary alicyclic amines) is 1. The van der Waals surface area contributed by atoms with Crippen LogP contribution in [0.25, 0.3) is 0 Å². The first-order valence-electron chi connectivity index (χ1n) is 8.77. The molecule has 1 saturated heterocycles.